The van der Waals surface area contributed by atoms with Gasteiger partial charge in [-0.3, -0.25) is 0 Å². The van der Waals surface area contributed by atoms with Gasteiger partial charge < -0.3 is 4.98 Å². The third kappa shape index (κ3) is 3.00. The zero-order valence-corrected chi connectivity index (χ0v) is 15.3. The molecule has 1 N–H and O–H groups in total. The predicted molar refractivity (Wildman–Crippen MR) is 98.8 cm³/mol. The fourth-order valence-electron chi connectivity index (χ4n) is 4.57. The van der Waals surface area contributed by atoms with Crippen LogP contribution in [0, 0.1) is 11.8 Å². The second kappa shape index (κ2) is 5.82. The third-order valence-corrected chi connectivity index (χ3v) is 10.3. The van der Waals surface area contributed by atoms with Gasteiger partial charge in [0.2, 0.25) is 0 Å². The van der Waals surface area contributed by atoms with Crippen LogP contribution in [0.15, 0.2) is 54.6 Å². The van der Waals surface area contributed by atoms with Gasteiger partial charge in [0, 0.05) is 5.54 Å². The zero-order chi connectivity index (χ0) is 15.8. The molecule has 0 amide bonds. The molecule has 1 nitrogen and oxygen atoms in total. The summed E-state index contributed by atoms with van der Waals surface area (Å²) in [5.74, 6) is 1.48. The molecule has 0 radical (unpaired) electrons. The number of benzene rings is 1. The van der Waals surface area contributed by atoms with Gasteiger partial charge in [0.1, 0.15) is 0 Å². The molecule has 3 rings (SSSR count). The summed E-state index contributed by atoms with van der Waals surface area (Å²) in [5.41, 5.74) is 0.934. The largest absolute Gasteiger partial charge is 0.329 e. The van der Waals surface area contributed by atoms with E-state index in [1.807, 2.05) is 0 Å². The van der Waals surface area contributed by atoms with Crippen molar-refractivity contribution in [3.63, 3.8) is 0 Å². The molecule has 0 aliphatic heterocycles. The average molecular weight is 312 g/mol. The maximum atomic E-state index is 4.10. The van der Waals surface area contributed by atoms with Crippen molar-refractivity contribution < 1.29 is 0 Å². The SMILES string of the molecule is CC(C)(C)N[Si](C)(c1ccccc1)C1CCC2C=CC=CC21. The van der Waals surface area contributed by atoms with Crippen LogP contribution in [0.2, 0.25) is 12.1 Å². The monoisotopic (exact) mass is 311 g/mol. The van der Waals surface area contributed by atoms with Gasteiger partial charge in [0.25, 0.3) is 0 Å². The van der Waals surface area contributed by atoms with Crippen molar-refractivity contribution >= 4 is 13.4 Å². The third-order valence-electron chi connectivity index (χ3n) is 5.32. The lowest BCUT2D eigenvalue weighted by atomic mass is 9.92. The van der Waals surface area contributed by atoms with Crippen LogP contribution in [-0.4, -0.2) is 13.8 Å². The fourth-order valence-corrected chi connectivity index (χ4v) is 9.64. The van der Waals surface area contributed by atoms with Crippen LogP contribution in [0.5, 0.6) is 0 Å². The summed E-state index contributed by atoms with van der Waals surface area (Å²) in [6, 6.07) is 11.2. The molecule has 118 valence electrons. The van der Waals surface area contributed by atoms with E-state index in [0.29, 0.717) is 0 Å². The van der Waals surface area contributed by atoms with E-state index in [9.17, 15) is 0 Å². The first-order chi connectivity index (χ1) is 10.4. The molecular formula is C20H29NSi. The van der Waals surface area contributed by atoms with Crippen LogP contribution >= 0.6 is 0 Å². The normalized spacial score (nSPS) is 30.1. The van der Waals surface area contributed by atoms with Gasteiger partial charge >= 0.3 is 0 Å². The van der Waals surface area contributed by atoms with E-state index in [1.54, 1.807) is 5.19 Å². The minimum Gasteiger partial charge on any atom is -0.329 e. The van der Waals surface area contributed by atoms with Crippen molar-refractivity contribution in [1.29, 1.82) is 0 Å². The van der Waals surface area contributed by atoms with Gasteiger partial charge in [-0.05, 0) is 49.8 Å². The number of hydrogen-bond donors (Lipinski definition) is 1. The molecule has 0 heterocycles. The molecule has 0 saturated heterocycles. The standard InChI is InChI=1S/C20H29NSi/c1-20(2,3)21-22(4,17-11-6-5-7-12-17)19-15-14-16-10-8-9-13-18(16)19/h5-13,16,18-19,21H,14-15H2,1-4H3. The fraction of sp³-hybridized carbons (Fsp3) is 0.500. The summed E-state index contributed by atoms with van der Waals surface area (Å²) >= 11 is 0. The minimum absolute atomic E-state index is 0.156. The van der Waals surface area contributed by atoms with Gasteiger partial charge in [0.15, 0.2) is 8.24 Å². The summed E-state index contributed by atoms with van der Waals surface area (Å²) in [4.78, 5) is 4.10. The van der Waals surface area contributed by atoms with Crippen molar-refractivity contribution in [3.05, 3.63) is 54.6 Å². The Morgan fingerprint density at radius 3 is 2.36 bits per heavy atom. The van der Waals surface area contributed by atoms with Gasteiger partial charge in [-0.1, -0.05) is 67.6 Å². The van der Waals surface area contributed by atoms with Gasteiger partial charge in [-0.2, -0.15) is 0 Å². The highest BCUT2D eigenvalue weighted by Crippen LogP contribution is 2.48. The van der Waals surface area contributed by atoms with Gasteiger partial charge in [0.05, 0.1) is 0 Å². The minimum atomic E-state index is -1.77. The van der Waals surface area contributed by atoms with Crippen molar-refractivity contribution in [2.75, 3.05) is 0 Å². The highest BCUT2D eigenvalue weighted by Gasteiger charge is 2.48. The van der Waals surface area contributed by atoms with E-state index in [2.05, 4.69) is 86.9 Å². The molecule has 1 aromatic rings. The van der Waals surface area contributed by atoms with Crippen molar-refractivity contribution in [2.24, 2.45) is 11.8 Å². The lowest BCUT2D eigenvalue weighted by molar-refractivity contribution is 0.490. The molecular weight excluding hydrogens is 282 g/mol. The molecule has 1 aromatic carbocycles. The Morgan fingerprint density at radius 1 is 1.00 bits per heavy atom. The Hall–Kier alpha value is -1.12. The van der Waals surface area contributed by atoms with Crippen LogP contribution in [0.1, 0.15) is 33.6 Å². The molecule has 0 bridgehead atoms. The first-order valence-corrected chi connectivity index (χ1v) is 11.2. The van der Waals surface area contributed by atoms with Crippen LogP contribution in [-0.2, 0) is 0 Å². The van der Waals surface area contributed by atoms with E-state index in [0.717, 1.165) is 17.4 Å². The Morgan fingerprint density at radius 2 is 1.68 bits per heavy atom. The summed E-state index contributed by atoms with van der Waals surface area (Å²) in [5, 5.41) is 1.55. The second-order valence-electron chi connectivity index (χ2n) is 8.14. The Balaban J connectivity index is 1.99. The molecule has 2 aliphatic carbocycles. The van der Waals surface area contributed by atoms with Crippen LogP contribution in [0.4, 0.5) is 0 Å². The van der Waals surface area contributed by atoms with E-state index in [-0.39, 0.29) is 5.54 Å². The lowest BCUT2D eigenvalue weighted by Crippen LogP contribution is -2.67. The first-order valence-electron chi connectivity index (χ1n) is 8.60. The Labute approximate surface area is 136 Å². The van der Waals surface area contributed by atoms with E-state index in [1.165, 1.54) is 12.8 Å². The van der Waals surface area contributed by atoms with E-state index < -0.39 is 8.24 Å². The molecule has 1 fully saturated rings. The molecule has 2 aliphatic rings. The zero-order valence-electron chi connectivity index (χ0n) is 14.3. The summed E-state index contributed by atoms with van der Waals surface area (Å²) < 4.78 is 0. The summed E-state index contributed by atoms with van der Waals surface area (Å²) in [6.45, 7) is 9.48. The Bertz CT molecular complexity index is 569. The quantitative estimate of drug-likeness (QED) is 0.817. The maximum Gasteiger partial charge on any atom is 0.158 e. The molecule has 2 heteroatoms. The highest BCUT2D eigenvalue weighted by molar-refractivity contribution is 6.90. The van der Waals surface area contributed by atoms with Crippen molar-refractivity contribution in [2.45, 2.75) is 51.2 Å². The molecule has 1 saturated carbocycles. The average Bonchev–Trinajstić information content (AvgIpc) is 2.91. The van der Waals surface area contributed by atoms with Crippen LogP contribution in [0.3, 0.4) is 0 Å². The smallest absolute Gasteiger partial charge is 0.158 e. The highest BCUT2D eigenvalue weighted by atomic mass is 28.3. The van der Waals surface area contributed by atoms with Gasteiger partial charge in [-0.25, -0.2) is 0 Å². The molecule has 0 aromatic heterocycles. The summed E-state index contributed by atoms with van der Waals surface area (Å²) in [7, 11) is -1.77. The second-order valence-corrected chi connectivity index (χ2v) is 12.1. The summed E-state index contributed by atoms with van der Waals surface area (Å²) in [6.07, 6.45) is 12.1. The predicted octanol–water partition coefficient (Wildman–Crippen LogP) is 4.38. The molecule has 22 heavy (non-hydrogen) atoms. The number of allylic oxidation sites excluding steroid dienone is 4. The van der Waals surface area contributed by atoms with Gasteiger partial charge in [-0.15, -0.1) is 0 Å². The van der Waals surface area contributed by atoms with Crippen LogP contribution < -0.4 is 10.2 Å². The van der Waals surface area contributed by atoms with Crippen molar-refractivity contribution in [3.8, 4) is 0 Å². The lowest BCUT2D eigenvalue weighted by Gasteiger charge is -2.43. The molecule has 0 spiro atoms. The van der Waals surface area contributed by atoms with Crippen LogP contribution in [0.25, 0.3) is 0 Å². The van der Waals surface area contributed by atoms with Crippen molar-refractivity contribution in [1.82, 2.24) is 4.98 Å². The number of fused-ring (bicyclic) bond motifs is 1. The van der Waals surface area contributed by atoms with E-state index >= 15 is 0 Å². The number of nitrogens with one attached hydrogen (secondary N) is 1. The molecule has 4 unspecified atom stereocenters. The topological polar surface area (TPSA) is 12.0 Å². The molecule has 4 atom stereocenters. The van der Waals surface area contributed by atoms with E-state index in [4.69, 9.17) is 0 Å². The first kappa shape index (κ1) is 15.8. The number of rotatable bonds is 3. The number of hydrogen-bond acceptors (Lipinski definition) is 1. The maximum absolute atomic E-state index is 4.10. The Kier molecular flexibility index (Phi) is 4.17.